The van der Waals surface area contributed by atoms with E-state index in [1.807, 2.05) is 0 Å². The maximum Gasteiger partial charge on any atom is 0.306 e. The zero-order valence-electron chi connectivity index (χ0n) is 35.8. The highest BCUT2D eigenvalue weighted by molar-refractivity contribution is 5.70. The van der Waals surface area contributed by atoms with Crippen LogP contribution in [0, 0.1) is 0 Å². The molecule has 0 rings (SSSR count). The maximum absolute atomic E-state index is 12.1. The lowest BCUT2D eigenvalue weighted by Crippen LogP contribution is -2.28. The summed E-state index contributed by atoms with van der Waals surface area (Å²) >= 11 is 0. The minimum Gasteiger partial charge on any atom is -0.462 e. The maximum atomic E-state index is 12.1. The summed E-state index contributed by atoms with van der Waals surface area (Å²) in [5, 5.41) is 9.55. The molecule has 0 amide bonds. The van der Waals surface area contributed by atoms with Gasteiger partial charge in [0.05, 0.1) is 6.61 Å². The summed E-state index contributed by atoms with van der Waals surface area (Å²) in [4.78, 5) is 24.2. The van der Waals surface area contributed by atoms with Crippen molar-refractivity contribution in [1.82, 2.24) is 0 Å². The van der Waals surface area contributed by atoms with Crippen LogP contribution >= 0.6 is 0 Å². The van der Waals surface area contributed by atoms with Gasteiger partial charge in [-0.3, -0.25) is 9.59 Å². The molecule has 0 heterocycles. The van der Waals surface area contributed by atoms with Crippen molar-refractivity contribution in [2.75, 3.05) is 13.2 Å². The van der Waals surface area contributed by atoms with E-state index < -0.39 is 6.10 Å². The molecule has 0 aromatic carbocycles. The molecule has 5 nitrogen and oxygen atoms in total. The highest BCUT2D eigenvalue weighted by atomic mass is 16.6. The molecule has 53 heavy (non-hydrogen) atoms. The molecule has 5 heteroatoms. The average Bonchev–Trinajstić information content (AvgIpc) is 3.16. The van der Waals surface area contributed by atoms with Crippen LogP contribution in [0.15, 0.2) is 12.2 Å². The van der Waals surface area contributed by atoms with Crippen molar-refractivity contribution in [2.45, 2.75) is 270 Å². The van der Waals surface area contributed by atoms with Crippen molar-refractivity contribution >= 4 is 11.9 Å². The van der Waals surface area contributed by atoms with E-state index in [1.54, 1.807) is 0 Å². The molecule has 0 aromatic heterocycles. The van der Waals surface area contributed by atoms with Gasteiger partial charge in [0, 0.05) is 12.8 Å². The van der Waals surface area contributed by atoms with E-state index in [-0.39, 0.29) is 25.2 Å². The lowest BCUT2D eigenvalue weighted by Gasteiger charge is -2.15. The molecule has 1 unspecified atom stereocenters. The number of hydrogen-bond acceptors (Lipinski definition) is 5. The number of aliphatic hydroxyl groups is 1. The number of unbranched alkanes of at least 4 members (excludes halogenated alkanes) is 34. The lowest BCUT2D eigenvalue weighted by atomic mass is 10.0. The highest BCUT2D eigenvalue weighted by Gasteiger charge is 2.16. The van der Waals surface area contributed by atoms with E-state index in [0.717, 1.165) is 44.9 Å². The second-order valence-corrected chi connectivity index (χ2v) is 16.2. The Morgan fingerprint density at radius 1 is 0.415 bits per heavy atom. The van der Waals surface area contributed by atoms with Crippen LogP contribution in [0.2, 0.25) is 0 Å². The van der Waals surface area contributed by atoms with Crippen LogP contribution in [-0.2, 0) is 19.1 Å². The van der Waals surface area contributed by atoms with Gasteiger partial charge in [0.15, 0.2) is 6.10 Å². The average molecular weight is 749 g/mol. The third-order valence-electron chi connectivity index (χ3n) is 10.8. The first kappa shape index (κ1) is 51.6. The molecular weight excluding hydrogens is 657 g/mol. The molecule has 0 aromatic rings. The first-order valence-electron chi connectivity index (χ1n) is 23.7. The Kier molecular flexibility index (Phi) is 43.9. The van der Waals surface area contributed by atoms with E-state index in [1.165, 1.54) is 193 Å². The minimum absolute atomic E-state index is 0.0633. The first-order chi connectivity index (χ1) is 26.1. The summed E-state index contributed by atoms with van der Waals surface area (Å²) < 4.78 is 10.6. The Morgan fingerprint density at radius 3 is 1.09 bits per heavy atom. The van der Waals surface area contributed by atoms with Crippen molar-refractivity contribution in [3.63, 3.8) is 0 Å². The number of esters is 2. The van der Waals surface area contributed by atoms with Crippen molar-refractivity contribution in [3.8, 4) is 0 Å². The van der Waals surface area contributed by atoms with Crippen LogP contribution in [0.1, 0.15) is 264 Å². The van der Waals surface area contributed by atoms with Gasteiger partial charge in [0.25, 0.3) is 0 Å². The summed E-state index contributed by atoms with van der Waals surface area (Å²) in [5.74, 6) is -0.590. The zero-order valence-corrected chi connectivity index (χ0v) is 35.8. The summed E-state index contributed by atoms with van der Waals surface area (Å²) in [6, 6.07) is 0. The standard InChI is InChI=1S/C48H92O5/c1-3-5-7-9-11-13-15-16-17-18-19-20-21-22-23-24-25-26-27-28-29-30-31-32-33-35-36-38-40-42-47(50)52-45-46(44-49)53-48(51)43-41-39-37-34-14-12-10-8-6-4-2/h8,10,46,49H,3-7,9,11-45H2,1-2H3/b10-8-. The van der Waals surface area contributed by atoms with Gasteiger partial charge in [0.2, 0.25) is 0 Å². The van der Waals surface area contributed by atoms with Crippen molar-refractivity contribution in [3.05, 3.63) is 12.2 Å². The summed E-state index contributed by atoms with van der Waals surface area (Å²) in [6.45, 7) is 4.10. The number of hydrogen-bond donors (Lipinski definition) is 1. The highest BCUT2D eigenvalue weighted by Crippen LogP contribution is 2.17. The van der Waals surface area contributed by atoms with Gasteiger partial charge >= 0.3 is 11.9 Å². The second-order valence-electron chi connectivity index (χ2n) is 16.2. The van der Waals surface area contributed by atoms with Crippen molar-refractivity contribution < 1.29 is 24.2 Å². The van der Waals surface area contributed by atoms with Crippen LogP contribution in [0.5, 0.6) is 0 Å². The fraction of sp³-hybridized carbons (Fsp3) is 0.917. The number of rotatable bonds is 44. The number of allylic oxidation sites excluding steroid dienone is 2. The zero-order chi connectivity index (χ0) is 38.6. The molecule has 0 saturated carbocycles. The lowest BCUT2D eigenvalue weighted by molar-refractivity contribution is -0.161. The molecule has 0 radical (unpaired) electrons. The topological polar surface area (TPSA) is 72.8 Å². The van der Waals surface area contributed by atoms with E-state index in [0.29, 0.717) is 12.8 Å². The predicted molar refractivity (Wildman–Crippen MR) is 228 cm³/mol. The van der Waals surface area contributed by atoms with Gasteiger partial charge in [-0.2, -0.15) is 0 Å². The van der Waals surface area contributed by atoms with Gasteiger partial charge in [-0.15, -0.1) is 0 Å². The quantitative estimate of drug-likeness (QED) is 0.0381. The van der Waals surface area contributed by atoms with Crippen LogP contribution in [0.4, 0.5) is 0 Å². The van der Waals surface area contributed by atoms with Crippen molar-refractivity contribution in [1.29, 1.82) is 0 Å². The smallest absolute Gasteiger partial charge is 0.306 e. The molecule has 0 spiro atoms. The van der Waals surface area contributed by atoms with Gasteiger partial charge in [-0.05, 0) is 32.1 Å². The number of carbonyl (C=O) groups is 2. The SMILES string of the molecule is CCC/C=C\CCCCCCCC(=O)OC(CO)COC(=O)CCCCCCCCCCCCCCCCCCCCCCCCCCCCCCC. The Bertz CT molecular complexity index is 765. The molecule has 314 valence electrons. The Balaban J connectivity index is 3.36. The molecular formula is C48H92O5. The number of aliphatic hydroxyl groups excluding tert-OH is 1. The van der Waals surface area contributed by atoms with E-state index in [9.17, 15) is 14.7 Å². The molecule has 1 N–H and O–H groups in total. The number of carbonyl (C=O) groups excluding carboxylic acids is 2. The van der Waals surface area contributed by atoms with Crippen LogP contribution in [0.3, 0.4) is 0 Å². The normalized spacial score (nSPS) is 12.1. The van der Waals surface area contributed by atoms with Gasteiger partial charge in [-0.25, -0.2) is 0 Å². The molecule has 0 aliphatic heterocycles. The second kappa shape index (κ2) is 45.0. The third-order valence-corrected chi connectivity index (χ3v) is 10.8. The minimum atomic E-state index is -0.769. The molecule has 0 fully saturated rings. The van der Waals surface area contributed by atoms with Gasteiger partial charge < -0.3 is 14.6 Å². The molecule has 1 atom stereocenters. The fourth-order valence-electron chi connectivity index (χ4n) is 7.21. The molecule has 0 saturated heterocycles. The van der Waals surface area contributed by atoms with E-state index in [2.05, 4.69) is 26.0 Å². The Hall–Kier alpha value is -1.36. The fourth-order valence-corrected chi connectivity index (χ4v) is 7.21. The summed E-state index contributed by atoms with van der Waals surface area (Å²) in [6.07, 6.45) is 53.3. The molecule has 0 aliphatic carbocycles. The molecule has 0 bridgehead atoms. The Morgan fingerprint density at radius 2 is 0.736 bits per heavy atom. The predicted octanol–water partition coefficient (Wildman–Crippen LogP) is 15.2. The van der Waals surface area contributed by atoms with Crippen LogP contribution < -0.4 is 0 Å². The van der Waals surface area contributed by atoms with E-state index >= 15 is 0 Å². The summed E-state index contributed by atoms with van der Waals surface area (Å²) in [7, 11) is 0. The largest absolute Gasteiger partial charge is 0.462 e. The Labute approximate surface area is 331 Å². The first-order valence-corrected chi connectivity index (χ1v) is 23.7. The third kappa shape index (κ3) is 43.2. The van der Waals surface area contributed by atoms with E-state index in [4.69, 9.17) is 9.47 Å². The van der Waals surface area contributed by atoms with Crippen LogP contribution in [-0.4, -0.2) is 36.4 Å². The van der Waals surface area contributed by atoms with Gasteiger partial charge in [-0.1, -0.05) is 231 Å². The summed E-state index contributed by atoms with van der Waals surface area (Å²) in [5.41, 5.74) is 0. The molecule has 0 aliphatic rings. The monoisotopic (exact) mass is 749 g/mol. The van der Waals surface area contributed by atoms with Crippen molar-refractivity contribution in [2.24, 2.45) is 0 Å². The van der Waals surface area contributed by atoms with Gasteiger partial charge in [0.1, 0.15) is 6.61 Å². The van der Waals surface area contributed by atoms with Crippen LogP contribution in [0.25, 0.3) is 0 Å². The number of ether oxygens (including phenoxy) is 2.